The summed E-state index contributed by atoms with van der Waals surface area (Å²) in [5.41, 5.74) is 11.5. The molecular formula is C16H14N6. The van der Waals surface area contributed by atoms with E-state index >= 15 is 0 Å². The molecule has 0 saturated heterocycles. The number of rotatable bonds is 2. The average Bonchev–Trinajstić information content (AvgIpc) is 3.12. The fourth-order valence-electron chi connectivity index (χ4n) is 2.59. The van der Waals surface area contributed by atoms with E-state index in [1.165, 1.54) is 6.33 Å². The van der Waals surface area contributed by atoms with Crippen LogP contribution in [0.15, 0.2) is 55.4 Å². The summed E-state index contributed by atoms with van der Waals surface area (Å²) in [7, 11) is 0. The van der Waals surface area contributed by atoms with Gasteiger partial charge < -0.3 is 5.73 Å². The molecule has 0 bridgehead atoms. The topological polar surface area (TPSA) is 74.0 Å². The van der Waals surface area contributed by atoms with Crippen molar-refractivity contribution in [1.82, 2.24) is 24.1 Å². The first-order valence-corrected chi connectivity index (χ1v) is 6.91. The minimum Gasteiger partial charge on any atom is -0.399 e. The Bertz CT molecular complexity index is 951. The lowest BCUT2D eigenvalue weighted by atomic mass is 10.2. The number of anilines is 1. The molecule has 2 N–H and O–H groups in total. The van der Waals surface area contributed by atoms with Crippen molar-refractivity contribution in [3.63, 3.8) is 0 Å². The Morgan fingerprint density at radius 2 is 1.86 bits per heavy atom. The molecule has 3 aromatic heterocycles. The second-order valence-corrected chi connectivity index (χ2v) is 5.15. The van der Waals surface area contributed by atoms with Gasteiger partial charge in [-0.05, 0) is 24.6 Å². The standard InChI is InChI=1S/C16H14N6/c1-11-2-3-13(17)6-14(11)21-5-4-16-20-9-15(22(16)21)12-7-18-10-19-8-12/h2-10H,17H2,1H3. The van der Waals surface area contributed by atoms with Crippen LogP contribution in [0.25, 0.3) is 22.6 Å². The third-order valence-electron chi connectivity index (χ3n) is 3.68. The number of fused-ring (bicyclic) bond motifs is 1. The Kier molecular flexibility index (Phi) is 2.69. The van der Waals surface area contributed by atoms with Crippen molar-refractivity contribution < 1.29 is 0 Å². The molecule has 0 aliphatic carbocycles. The summed E-state index contributed by atoms with van der Waals surface area (Å²) in [4.78, 5) is 12.6. The molecule has 3 heterocycles. The molecule has 0 fully saturated rings. The Morgan fingerprint density at radius 3 is 2.68 bits per heavy atom. The molecule has 4 rings (SSSR count). The van der Waals surface area contributed by atoms with Crippen LogP contribution in [0.3, 0.4) is 0 Å². The molecule has 0 atom stereocenters. The van der Waals surface area contributed by atoms with Gasteiger partial charge in [-0.25, -0.2) is 19.5 Å². The molecule has 0 saturated carbocycles. The lowest BCUT2D eigenvalue weighted by Gasteiger charge is -2.12. The summed E-state index contributed by atoms with van der Waals surface area (Å²) in [5, 5.41) is 0. The molecule has 6 nitrogen and oxygen atoms in total. The molecule has 0 aliphatic heterocycles. The van der Waals surface area contributed by atoms with E-state index in [1.807, 2.05) is 45.9 Å². The van der Waals surface area contributed by atoms with Crippen LogP contribution in [0.5, 0.6) is 0 Å². The summed E-state index contributed by atoms with van der Waals surface area (Å²) >= 11 is 0. The van der Waals surface area contributed by atoms with Crippen LogP contribution in [0.2, 0.25) is 0 Å². The zero-order valence-electron chi connectivity index (χ0n) is 12.0. The smallest absolute Gasteiger partial charge is 0.154 e. The molecule has 0 radical (unpaired) electrons. The number of nitrogens with two attached hydrogens (primary N) is 1. The second kappa shape index (κ2) is 4.70. The van der Waals surface area contributed by atoms with Gasteiger partial charge in [0.05, 0.1) is 17.6 Å². The molecule has 22 heavy (non-hydrogen) atoms. The van der Waals surface area contributed by atoms with Crippen LogP contribution < -0.4 is 5.73 Å². The van der Waals surface area contributed by atoms with E-state index in [1.54, 1.807) is 12.4 Å². The maximum Gasteiger partial charge on any atom is 0.154 e. The molecule has 0 unspecified atom stereocenters. The summed E-state index contributed by atoms with van der Waals surface area (Å²) in [5.74, 6) is 0. The molecular weight excluding hydrogens is 276 g/mol. The normalized spacial score (nSPS) is 11.1. The van der Waals surface area contributed by atoms with Crippen LogP contribution in [-0.2, 0) is 0 Å². The monoisotopic (exact) mass is 290 g/mol. The van der Waals surface area contributed by atoms with Crippen LogP contribution in [0.1, 0.15) is 5.56 Å². The molecule has 108 valence electrons. The van der Waals surface area contributed by atoms with Crippen molar-refractivity contribution in [3.8, 4) is 16.9 Å². The largest absolute Gasteiger partial charge is 0.399 e. The second-order valence-electron chi connectivity index (χ2n) is 5.15. The summed E-state index contributed by atoms with van der Waals surface area (Å²) < 4.78 is 4.07. The van der Waals surface area contributed by atoms with Crippen molar-refractivity contribution in [3.05, 3.63) is 60.9 Å². The Balaban J connectivity index is 2.00. The highest BCUT2D eigenvalue weighted by Gasteiger charge is 2.12. The predicted octanol–water partition coefficient (Wildman–Crippen LogP) is 2.47. The van der Waals surface area contributed by atoms with Gasteiger partial charge in [0, 0.05) is 35.9 Å². The SMILES string of the molecule is Cc1ccc(N)cc1-n1ccc2ncc(-c3cncnc3)n21. The average molecular weight is 290 g/mol. The highest BCUT2D eigenvalue weighted by Crippen LogP contribution is 2.24. The molecule has 1 aromatic carbocycles. The maximum atomic E-state index is 5.94. The Hall–Kier alpha value is -3.15. The van der Waals surface area contributed by atoms with E-state index in [4.69, 9.17) is 5.73 Å². The van der Waals surface area contributed by atoms with Gasteiger partial charge in [-0.3, -0.25) is 4.68 Å². The number of hydrogen-bond donors (Lipinski definition) is 1. The third-order valence-corrected chi connectivity index (χ3v) is 3.68. The Labute approximate surface area is 126 Å². The number of imidazole rings is 1. The van der Waals surface area contributed by atoms with Gasteiger partial charge in [-0.1, -0.05) is 6.07 Å². The van der Waals surface area contributed by atoms with Crippen molar-refractivity contribution >= 4 is 11.3 Å². The third kappa shape index (κ3) is 1.85. The van der Waals surface area contributed by atoms with Gasteiger partial charge in [0.25, 0.3) is 0 Å². The minimum absolute atomic E-state index is 0.729. The van der Waals surface area contributed by atoms with E-state index in [0.717, 1.165) is 33.8 Å². The minimum atomic E-state index is 0.729. The van der Waals surface area contributed by atoms with Crippen LogP contribution in [0, 0.1) is 6.92 Å². The van der Waals surface area contributed by atoms with Gasteiger partial charge in [-0.15, -0.1) is 0 Å². The van der Waals surface area contributed by atoms with Crippen molar-refractivity contribution in [1.29, 1.82) is 0 Å². The van der Waals surface area contributed by atoms with Crippen molar-refractivity contribution in [2.45, 2.75) is 6.92 Å². The van der Waals surface area contributed by atoms with Crippen LogP contribution >= 0.6 is 0 Å². The predicted molar refractivity (Wildman–Crippen MR) is 84.7 cm³/mol. The number of hydrogen-bond acceptors (Lipinski definition) is 4. The van der Waals surface area contributed by atoms with Crippen LogP contribution in [-0.4, -0.2) is 24.1 Å². The lowest BCUT2D eigenvalue weighted by Crippen LogP contribution is -2.05. The molecule has 4 aromatic rings. The quantitative estimate of drug-likeness (QED) is 0.575. The van der Waals surface area contributed by atoms with Gasteiger partial charge in [0.1, 0.15) is 6.33 Å². The highest BCUT2D eigenvalue weighted by molar-refractivity contribution is 5.63. The number of benzene rings is 1. The molecule has 0 amide bonds. The first kappa shape index (κ1) is 12.6. The molecule has 6 heteroatoms. The molecule has 0 aliphatic rings. The van der Waals surface area contributed by atoms with E-state index < -0.39 is 0 Å². The zero-order chi connectivity index (χ0) is 15.1. The summed E-state index contributed by atoms with van der Waals surface area (Å²) in [6.45, 7) is 2.06. The van der Waals surface area contributed by atoms with Crippen molar-refractivity contribution in [2.75, 3.05) is 5.73 Å². The van der Waals surface area contributed by atoms with E-state index in [0.29, 0.717) is 0 Å². The van der Waals surface area contributed by atoms with Gasteiger partial charge in [0.2, 0.25) is 0 Å². The fraction of sp³-hybridized carbons (Fsp3) is 0.0625. The fourth-order valence-corrected chi connectivity index (χ4v) is 2.59. The highest BCUT2D eigenvalue weighted by atomic mass is 15.4. The first-order valence-electron chi connectivity index (χ1n) is 6.91. The zero-order valence-corrected chi connectivity index (χ0v) is 12.0. The number of nitrogens with zero attached hydrogens (tertiary/aromatic N) is 5. The van der Waals surface area contributed by atoms with Gasteiger partial charge in [-0.2, -0.15) is 0 Å². The van der Waals surface area contributed by atoms with Gasteiger partial charge >= 0.3 is 0 Å². The summed E-state index contributed by atoms with van der Waals surface area (Å²) in [6, 6.07) is 7.84. The van der Waals surface area contributed by atoms with E-state index in [2.05, 4.69) is 21.9 Å². The number of aryl methyl sites for hydroxylation is 1. The Morgan fingerprint density at radius 1 is 1.05 bits per heavy atom. The maximum absolute atomic E-state index is 5.94. The number of nitrogen functional groups attached to an aromatic ring is 1. The molecule has 0 spiro atoms. The van der Waals surface area contributed by atoms with Crippen LogP contribution in [0.4, 0.5) is 5.69 Å². The first-order chi connectivity index (χ1) is 10.7. The van der Waals surface area contributed by atoms with Crippen molar-refractivity contribution in [2.24, 2.45) is 0 Å². The van der Waals surface area contributed by atoms with E-state index in [9.17, 15) is 0 Å². The lowest BCUT2D eigenvalue weighted by molar-refractivity contribution is 0.805. The van der Waals surface area contributed by atoms with Gasteiger partial charge in [0.15, 0.2) is 5.65 Å². The number of aromatic nitrogens is 5. The summed E-state index contributed by atoms with van der Waals surface area (Å²) in [6.07, 6.45) is 8.88. The van der Waals surface area contributed by atoms with E-state index in [-0.39, 0.29) is 0 Å².